The van der Waals surface area contributed by atoms with Gasteiger partial charge >= 0.3 is 0 Å². The van der Waals surface area contributed by atoms with Gasteiger partial charge in [-0.15, -0.1) is 0 Å². The molecular formula is C31H21BO2. The van der Waals surface area contributed by atoms with Crippen molar-refractivity contribution in [3.63, 3.8) is 0 Å². The van der Waals surface area contributed by atoms with Crippen LogP contribution in [0.2, 0.25) is 0 Å². The van der Waals surface area contributed by atoms with Gasteiger partial charge in [-0.3, -0.25) is 0 Å². The zero-order valence-corrected chi connectivity index (χ0v) is 18.8. The number of hydrogen-bond donors (Lipinski definition) is 0. The maximum absolute atomic E-state index is 6.45. The first-order valence-corrected chi connectivity index (χ1v) is 11.6. The Morgan fingerprint density at radius 1 is 0.500 bits per heavy atom. The summed E-state index contributed by atoms with van der Waals surface area (Å²) in [5.41, 5.74) is 9.45. The molecule has 5 aromatic carbocycles. The van der Waals surface area contributed by atoms with Gasteiger partial charge in [-0.05, 0) is 69.9 Å². The average Bonchev–Trinajstić information content (AvgIpc) is 2.88. The minimum atomic E-state index is 0.0782. The summed E-state index contributed by atoms with van der Waals surface area (Å²) in [5, 5.41) is 0. The molecule has 0 radical (unpaired) electrons. The highest BCUT2D eigenvalue weighted by molar-refractivity contribution is 6.98. The van der Waals surface area contributed by atoms with Gasteiger partial charge < -0.3 is 9.47 Å². The molecule has 2 nitrogen and oxygen atoms in total. The van der Waals surface area contributed by atoms with Crippen LogP contribution in [0, 0.1) is 6.92 Å². The number of hydrogen-bond acceptors (Lipinski definition) is 2. The van der Waals surface area contributed by atoms with Crippen molar-refractivity contribution in [1.29, 1.82) is 0 Å². The molecule has 5 aromatic rings. The first-order chi connectivity index (χ1) is 16.8. The second-order valence-corrected chi connectivity index (χ2v) is 8.99. The van der Waals surface area contributed by atoms with E-state index in [4.69, 9.17) is 9.47 Å². The summed E-state index contributed by atoms with van der Waals surface area (Å²) in [5.74, 6) is 3.56. The third kappa shape index (κ3) is 2.90. The summed E-state index contributed by atoms with van der Waals surface area (Å²) in [7, 11) is 0. The predicted molar refractivity (Wildman–Crippen MR) is 140 cm³/mol. The van der Waals surface area contributed by atoms with Crippen molar-refractivity contribution >= 4 is 23.1 Å². The maximum Gasteiger partial charge on any atom is 0.260 e. The van der Waals surface area contributed by atoms with Gasteiger partial charge in [0.25, 0.3) is 6.71 Å². The highest BCUT2D eigenvalue weighted by atomic mass is 16.5. The Hall–Kier alpha value is -4.24. The van der Waals surface area contributed by atoms with Gasteiger partial charge in [0.05, 0.1) is 0 Å². The molecule has 2 aliphatic heterocycles. The van der Waals surface area contributed by atoms with Crippen molar-refractivity contribution in [2.24, 2.45) is 0 Å². The van der Waals surface area contributed by atoms with E-state index in [1.165, 1.54) is 33.2 Å². The lowest BCUT2D eigenvalue weighted by atomic mass is 9.35. The second kappa shape index (κ2) is 7.39. The van der Waals surface area contributed by atoms with Gasteiger partial charge in [-0.1, -0.05) is 84.9 Å². The van der Waals surface area contributed by atoms with Crippen molar-refractivity contribution in [3.05, 3.63) is 115 Å². The second-order valence-electron chi connectivity index (χ2n) is 8.99. The molecule has 7 rings (SSSR count). The van der Waals surface area contributed by atoms with E-state index in [9.17, 15) is 0 Å². The molecule has 0 amide bonds. The molecular weight excluding hydrogens is 415 g/mol. The Morgan fingerprint density at radius 3 is 1.82 bits per heavy atom. The molecule has 0 saturated carbocycles. The van der Waals surface area contributed by atoms with Crippen LogP contribution in [0.3, 0.4) is 0 Å². The standard InChI is InChI=1S/C31H21BO2/c1-20-8-5-6-11-24(20)23-15-17-26-30(19-23)34-28-13-7-12-27-31(28)32(26)25-16-14-22(18-29(25)33-27)21-9-3-2-4-10-21/h2-19H,1H3. The van der Waals surface area contributed by atoms with E-state index in [1.54, 1.807) is 0 Å². The number of ether oxygens (including phenoxy) is 2. The normalized spacial score (nSPS) is 12.7. The fourth-order valence-corrected chi connectivity index (χ4v) is 5.30. The van der Waals surface area contributed by atoms with Crippen LogP contribution in [0.25, 0.3) is 22.3 Å². The van der Waals surface area contributed by atoms with Crippen LogP contribution in [0.4, 0.5) is 0 Å². The molecule has 160 valence electrons. The zero-order valence-electron chi connectivity index (χ0n) is 18.8. The fraction of sp³-hybridized carbons (Fsp3) is 0.0323. The van der Waals surface area contributed by atoms with Crippen molar-refractivity contribution < 1.29 is 9.47 Å². The summed E-state index contributed by atoms with van der Waals surface area (Å²) in [6, 6.07) is 38.2. The van der Waals surface area contributed by atoms with Crippen molar-refractivity contribution in [3.8, 4) is 45.3 Å². The molecule has 0 fully saturated rings. The van der Waals surface area contributed by atoms with Gasteiger partial charge in [0.2, 0.25) is 0 Å². The summed E-state index contributed by atoms with van der Waals surface area (Å²) in [4.78, 5) is 0. The van der Waals surface area contributed by atoms with Gasteiger partial charge in [-0.2, -0.15) is 0 Å². The summed E-state index contributed by atoms with van der Waals surface area (Å²) in [6.45, 7) is 2.23. The largest absolute Gasteiger partial charge is 0.458 e. The van der Waals surface area contributed by atoms with Crippen LogP contribution < -0.4 is 25.9 Å². The molecule has 0 N–H and O–H groups in total. The first-order valence-electron chi connectivity index (χ1n) is 11.6. The molecule has 3 heteroatoms. The Labute approximate surface area is 199 Å². The van der Waals surface area contributed by atoms with Crippen LogP contribution in [-0.2, 0) is 0 Å². The molecule has 0 unspecified atom stereocenters. The highest BCUT2D eigenvalue weighted by Gasteiger charge is 2.40. The van der Waals surface area contributed by atoms with Gasteiger partial charge in [0, 0.05) is 5.46 Å². The van der Waals surface area contributed by atoms with E-state index in [1.807, 2.05) is 24.3 Å². The third-order valence-corrected chi connectivity index (χ3v) is 6.97. The number of benzene rings is 5. The number of rotatable bonds is 2. The van der Waals surface area contributed by atoms with Gasteiger partial charge in [-0.25, -0.2) is 0 Å². The predicted octanol–water partition coefficient (Wildman–Crippen LogP) is 6.06. The molecule has 0 saturated heterocycles. The van der Waals surface area contributed by atoms with Crippen molar-refractivity contribution in [1.82, 2.24) is 0 Å². The lowest BCUT2D eigenvalue weighted by Crippen LogP contribution is -2.57. The summed E-state index contributed by atoms with van der Waals surface area (Å²) in [6.07, 6.45) is 0. The number of fused-ring (bicyclic) bond motifs is 4. The lowest BCUT2D eigenvalue weighted by Gasteiger charge is -2.33. The first kappa shape index (κ1) is 19.3. The number of aryl methyl sites for hydroxylation is 1. The van der Waals surface area contributed by atoms with Crippen molar-refractivity contribution in [2.75, 3.05) is 0 Å². The van der Waals surface area contributed by atoms with E-state index >= 15 is 0 Å². The van der Waals surface area contributed by atoms with E-state index in [2.05, 4.69) is 91.9 Å². The highest BCUT2D eigenvalue weighted by Crippen LogP contribution is 2.37. The van der Waals surface area contributed by atoms with Gasteiger partial charge in [0.1, 0.15) is 23.0 Å². The summed E-state index contributed by atoms with van der Waals surface area (Å²) >= 11 is 0. The van der Waals surface area contributed by atoms with Crippen LogP contribution in [0.1, 0.15) is 5.56 Å². The smallest absolute Gasteiger partial charge is 0.260 e. The summed E-state index contributed by atoms with van der Waals surface area (Å²) < 4.78 is 12.9. The van der Waals surface area contributed by atoms with E-state index < -0.39 is 0 Å². The van der Waals surface area contributed by atoms with E-state index in [-0.39, 0.29) is 6.71 Å². The Morgan fingerprint density at radius 2 is 1.12 bits per heavy atom. The molecule has 2 aliphatic rings. The van der Waals surface area contributed by atoms with Crippen molar-refractivity contribution in [2.45, 2.75) is 6.92 Å². The molecule has 34 heavy (non-hydrogen) atoms. The monoisotopic (exact) mass is 436 g/mol. The van der Waals surface area contributed by atoms with Crippen LogP contribution >= 0.6 is 0 Å². The maximum atomic E-state index is 6.45. The van der Waals surface area contributed by atoms with Crippen LogP contribution in [0.15, 0.2) is 109 Å². The average molecular weight is 436 g/mol. The van der Waals surface area contributed by atoms with Crippen LogP contribution in [0.5, 0.6) is 23.0 Å². The SMILES string of the molecule is Cc1ccccc1-c1ccc2c(c1)Oc1cccc3c1B2c1ccc(-c2ccccc2)cc1O3. The molecule has 0 spiro atoms. The lowest BCUT2D eigenvalue weighted by molar-refractivity contribution is 0.464. The minimum absolute atomic E-state index is 0.0782. The quantitative estimate of drug-likeness (QED) is 0.307. The Balaban J connectivity index is 1.40. The molecule has 0 atom stereocenters. The van der Waals surface area contributed by atoms with E-state index in [0.717, 1.165) is 34.0 Å². The molecule has 2 heterocycles. The molecule has 0 aliphatic carbocycles. The minimum Gasteiger partial charge on any atom is -0.458 e. The topological polar surface area (TPSA) is 18.5 Å². The molecule has 0 bridgehead atoms. The Kier molecular flexibility index (Phi) is 4.19. The van der Waals surface area contributed by atoms with E-state index in [0.29, 0.717) is 0 Å². The Bertz CT molecular complexity index is 1570. The molecule has 0 aromatic heterocycles. The van der Waals surface area contributed by atoms with Gasteiger partial charge in [0.15, 0.2) is 0 Å². The zero-order chi connectivity index (χ0) is 22.6. The third-order valence-electron chi connectivity index (χ3n) is 6.97. The van der Waals surface area contributed by atoms with Crippen LogP contribution in [-0.4, -0.2) is 6.71 Å². The fourth-order valence-electron chi connectivity index (χ4n) is 5.30.